The number of amides is 1. The first-order valence-corrected chi connectivity index (χ1v) is 11.6. The lowest BCUT2D eigenvalue weighted by molar-refractivity contribution is 0.0978. The van der Waals surface area contributed by atoms with Gasteiger partial charge in [-0.15, -0.1) is 0 Å². The lowest BCUT2D eigenvalue weighted by Gasteiger charge is -2.11. The number of hydrogen-bond donors (Lipinski definition) is 3. The molecule has 10 heteroatoms. The molecule has 0 radical (unpaired) electrons. The van der Waals surface area contributed by atoms with Crippen LogP contribution < -0.4 is 15.4 Å². The molecule has 0 aliphatic heterocycles. The van der Waals surface area contributed by atoms with Gasteiger partial charge in [-0.05, 0) is 60.2 Å². The number of benzene rings is 3. The average Bonchev–Trinajstić information content (AvgIpc) is 2.73. The summed E-state index contributed by atoms with van der Waals surface area (Å²) >= 11 is 17.0. The summed E-state index contributed by atoms with van der Waals surface area (Å²) in [4.78, 5) is 12.4. The number of halogens is 2. The van der Waals surface area contributed by atoms with Crippen LogP contribution in [0.2, 0.25) is 10.0 Å². The van der Waals surface area contributed by atoms with Crippen LogP contribution in [0.1, 0.15) is 15.9 Å². The number of sulfonamides is 1. The van der Waals surface area contributed by atoms with Crippen LogP contribution in [-0.2, 0) is 16.6 Å². The molecule has 3 aromatic carbocycles. The van der Waals surface area contributed by atoms with Crippen LogP contribution in [0.15, 0.2) is 77.7 Å². The van der Waals surface area contributed by atoms with Crippen molar-refractivity contribution in [2.45, 2.75) is 11.4 Å². The van der Waals surface area contributed by atoms with Crippen molar-refractivity contribution in [1.82, 2.24) is 10.0 Å². The van der Waals surface area contributed by atoms with E-state index in [2.05, 4.69) is 15.4 Å². The van der Waals surface area contributed by atoms with E-state index in [0.29, 0.717) is 10.7 Å². The van der Waals surface area contributed by atoms with Crippen LogP contribution in [0, 0.1) is 0 Å². The summed E-state index contributed by atoms with van der Waals surface area (Å²) in [6.45, 7) is 0.187. The third kappa shape index (κ3) is 6.49. The normalized spacial score (nSPS) is 11.0. The minimum Gasteiger partial charge on any atom is -0.332 e. The molecular formula is C21H17Cl2N3O3S2. The van der Waals surface area contributed by atoms with Crippen LogP contribution in [0.3, 0.4) is 0 Å². The van der Waals surface area contributed by atoms with Gasteiger partial charge in [-0.3, -0.25) is 10.1 Å². The van der Waals surface area contributed by atoms with E-state index in [1.165, 1.54) is 24.3 Å². The van der Waals surface area contributed by atoms with Crippen LogP contribution >= 0.6 is 35.4 Å². The first-order chi connectivity index (χ1) is 14.7. The van der Waals surface area contributed by atoms with E-state index >= 15 is 0 Å². The molecule has 0 bridgehead atoms. The highest BCUT2D eigenvalue weighted by Gasteiger charge is 2.15. The lowest BCUT2D eigenvalue weighted by atomic mass is 10.2. The fourth-order valence-corrected chi connectivity index (χ4v) is 4.30. The largest absolute Gasteiger partial charge is 0.332 e. The van der Waals surface area contributed by atoms with E-state index in [1.807, 2.05) is 30.3 Å². The van der Waals surface area contributed by atoms with Crippen molar-refractivity contribution in [2.24, 2.45) is 0 Å². The number of rotatable bonds is 6. The zero-order valence-electron chi connectivity index (χ0n) is 15.9. The van der Waals surface area contributed by atoms with Crippen molar-refractivity contribution in [3.05, 3.63) is 94.0 Å². The topological polar surface area (TPSA) is 87.3 Å². The van der Waals surface area contributed by atoms with E-state index in [-0.39, 0.29) is 27.1 Å². The van der Waals surface area contributed by atoms with Crippen molar-refractivity contribution in [3.8, 4) is 0 Å². The van der Waals surface area contributed by atoms with E-state index in [1.54, 1.807) is 18.2 Å². The van der Waals surface area contributed by atoms with Gasteiger partial charge in [-0.25, -0.2) is 13.1 Å². The van der Waals surface area contributed by atoms with Crippen molar-refractivity contribution in [3.63, 3.8) is 0 Å². The number of hydrogen-bond acceptors (Lipinski definition) is 4. The standard InChI is InChI=1S/C21H17Cl2N3O3S2/c22-15-6-11-18(19(23)12-15)20(27)26-21(30)25-16-7-9-17(10-8-16)31(28,29)24-13-14-4-2-1-3-5-14/h1-12,24H,13H2,(H2,25,26,27,30). The maximum atomic E-state index is 12.5. The first-order valence-electron chi connectivity index (χ1n) is 8.95. The van der Waals surface area contributed by atoms with Gasteiger partial charge in [0.1, 0.15) is 0 Å². The SMILES string of the molecule is O=C(NC(=S)Nc1ccc(S(=O)(=O)NCc2ccccc2)cc1)c1ccc(Cl)cc1Cl. The van der Waals surface area contributed by atoms with E-state index in [4.69, 9.17) is 35.4 Å². The molecule has 160 valence electrons. The second kappa shape index (κ2) is 10.2. The second-order valence-electron chi connectivity index (χ2n) is 6.37. The molecule has 31 heavy (non-hydrogen) atoms. The number of thiocarbonyl (C=S) groups is 1. The molecule has 3 aromatic rings. The van der Waals surface area contributed by atoms with E-state index in [0.717, 1.165) is 5.56 Å². The summed E-state index contributed by atoms with van der Waals surface area (Å²) in [6.07, 6.45) is 0. The Labute approximate surface area is 195 Å². The zero-order valence-corrected chi connectivity index (χ0v) is 19.1. The number of carbonyl (C=O) groups excluding carboxylic acids is 1. The third-order valence-electron chi connectivity index (χ3n) is 4.13. The molecule has 0 aromatic heterocycles. The molecule has 0 saturated heterocycles. The smallest absolute Gasteiger partial charge is 0.258 e. The summed E-state index contributed by atoms with van der Waals surface area (Å²) in [5, 5.41) is 5.98. The van der Waals surface area contributed by atoms with Crippen molar-refractivity contribution in [2.75, 3.05) is 5.32 Å². The Balaban J connectivity index is 1.59. The molecule has 0 aliphatic rings. The van der Waals surface area contributed by atoms with E-state index in [9.17, 15) is 13.2 Å². The molecule has 0 fully saturated rings. The summed E-state index contributed by atoms with van der Waals surface area (Å²) in [6, 6.07) is 19.7. The van der Waals surface area contributed by atoms with Gasteiger partial charge in [0, 0.05) is 17.3 Å². The zero-order chi connectivity index (χ0) is 22.4. The molecule has 0 atom stereocenters. The fourth-order valence-electron chi connectivity index (χ4n) is 2.58. The number of anilines is 1. The van der Waals surface area contributed by atoms with Gasteiger partial charge in [-0.1, -0.05) is 53.5 Å². The fraction of sp³-hybridized carbons (Fsp3) is 0.0476. The van der Waals surface area contributed by atoms with Crippen LogP contribution in [-0.4, -0.2) is 19.4 Å². The second-order valence-corrected chi connectivity index (χ2v) is 9.39. The molecule has 6 nitrogen and oxygen atoms in total. The minimum absolute atomic E-state index is 0.0360. The lowest BCUT2D eigenvalue weighted by Crippen LogP contribution is -2.34. The maximum Gasteiger partial charge on any atom is 0.258 e. The molecule has 0 heterocycles. The molecule has 3 rings (SSSR count). The molecule has 0 spiro atoms. The van der Waals surface area contributed by atoms with Gasteiger partial charge in [0.2, 0.25) is 10.0 Å². The highest BCUT2D eigenvalue weighted by Crippen LogP contribution is 2.21. The highest BCUT2D eigenvalue weighted by atomic mass is 35.5. The van der Waals surface area contributed by atoms with Crippen molar-refractivity contribution < 1.29 is 13.2 Å². The van der Waals surface area contributed by atoms with Gasteiger partial charge in [0.15, 0.2) is 5.11 Å². The number of carbonyl (C=O) groups is 1. The molecule has 0 saturated carbocycles. The molecule has 1 amide bonds. The van der Waals surface area contributed by atoms with Gasteiger partial charge in [0.25, 0.3) is 5.91 Å². The Morgan fingerprint density at radius 3 is 2.26 bits per heavy atom. The molecular weight excluding hydrogens is 477 g/mol. The Morgan fingerprint density at radius 1 is 0.935 bits per heavy atom. The predicted octanol–water partition coefficient (Wildman–Crippen LogP) is 4.60. The van der Waals surface area contributed by atoms with E-state index < -0.39 is 15.9 Å². The quantitative estimate of drug-likeness (QED) is 0.436. The van der Waals surface area contributed by atoms with Crippen LogP contribution in [0.4, 0.5) is 5.69 Å². The van der Waals surface area contributed by atoms with Crippen molar-refractivity contribution in [1.29, 1.82) is 0 Å². The Hall–Kier alpha value is -2.49. The summed E-state index contributed by atoms with van der Waals surface area (Å²) < 4.78 is 27.5. The van der Waals surface area contributed by atoms with Crippen molar-refractivity contribution >= 4 is 62.2 Å². The Morgan fingerprint density at radius 2 is 1.61 bits per heavy atom. The van der Waals surface area contributed by atoms with Gasteiger partial charge >= 0.3 is 0 Å². The average molecular weight is 494 g/mol. The summed E-state index contributed by atoms with van der Waals surface area (Å²) in [5.41, 5.74) is 1.59. The van der Waals surface area contributed by atoms with Gasteiger partial charge in [-0.2, -0.15) is 0 Å². The Kier molecular flexibility index (Phi) is 7.64. The Bertz CT molecular complexity index is 1200. The summed E-state index contributed by atoms with van der Waals surface area (Å²) in [5.74, 6) is -0.497. The molecule has 0 aliphatic carbocycles. The van der Waals surface area contributed by atoms with Crippen LogP contribution in [0.25, 0.3) is 0 Å². The van der Waals surface area contributed by atoms with Gasteiger partial charge < -0.3 is 5.32 Å². The third-order valence-corrected chi connectivity index (χ3v) is 6.30. The monoisotopic (exact) mass is 493 g/mol. The maximum absolute atomic E-state index is 12.5. The molecule has 0 unspecified atom stereocenters. The molecule has 3 N–H and O–H groups in total. The minimum atomic E-state index is -3.67. The predicted molar refractivity (Wildman–Crippen MR) is 127 cm³/mol. The highest BCUT2D eigenvalue weighted by molar-refractivity contribution is 7.89. The number of nitrogens with one attached hydrogen (secondary N) is 3. The first kappa shape index (κ1) is 23.2. The summed E-state index contributed by atoms with van der Waals surface area (Å²) in [7, 11) is -3.67. The van der Waals surface area contributed by atoms with Gasteiger partial charge in [0.05, 0.1) is 15.5 Å². The van der Waals surface area contributed by atoms with Crippen LogP contribution in [0.5, 0.6) is 0 Å².